The number of amides is 2. The first kappa shape index (κ1) is 15.4. The Morgan fingerprint density at radius 3 is 2.35 bits per heavy atom. The quantitative estimate of drug-likeness (QED) is 0.626. The topological polar surface area (TPSA) is 72.9 Å². The predicted molar refractivity (Wildman–Crippen MR) is 81.9 cm³/mol. The van der Waals surface area contributed by atoms with Crippen molar-refractivity contribution in [1.29, 1.82) is 0 Å². The van der Waals surface area contributed by atoms with Crippen LogP contribution in [0.25, 0.3) is 0 Å². The van der Waals surface area contributed by atoms with Crippen molar-refractivity contribution < 1.29 is 23.9 Å². The first-order valence-corrected chi connectivity index (χ1v) is 7.39. The largest absolute Gasteiger partial charge is 0.459 e. The number of carbonyl (C=O) groups excluding carboxylic acids is 3. The highest BCUT2D eigenvalue weighted by molar-refractivity contribution is 6.28. The minimum atomic E-state index is -0.460. The van der Waals surface area contributed by atoms with Crippen LogP contribution in [0, 0.1) is 0 Å². The summed E-state index contributed by atoms with van der Waals surface area (Å²) in [5.74, 6) is -1.25. The number of rotatable bonds is 4. The summed E-state index contributed by atoms with van der Waals surface area (Å²) in [4.78, 5) is 36.3. The van der Waals surface area contributed by atoms with E-state index < -0.39 is 23.4 Å². The minimum Gasteiger partial charge on any atom is -0.459 e. The van der Waals surface area contributed by atoms with Crippen molar-refractivity contribution >= 4 is 23.5 Å². The number of nitrogens with zero attached hydrogens (tertiary/aromatic N) is 1. The van der Waals surface area contributed by atoms with E-state index in [0.717, 1.165) is 11.3 Å². The van der Waals surface area contributed by atoms with Crippen LogP contribution in [0.1, 0.15) is 30.6 Å². The molecule has 120 valence electrons. The van der Waals surface area contributed by atoms with Crippen molar-refractivity contribution in [3.8, 4) is 0 Å². The number of ether oxygens (including phenoxy) is 2. The summed E-state index contributed by atoms with van der Waals surface area (Å²) in [5.41, 5.74) is 0.371. The second-order valence-electron chi connectivity index (χ2n) is 6.05. The molecule has 2 unspecified atom stereocenters. The van der Waals surface area contributed by atoms with Crippen LogP contribution in [0.15, 0.2) is 36.4 Å². The Kier molecular flexibility index (Phi) is 3.77. The van der Waals surface area contributed by atoms with E-state index in [0.29, 0.717) is 11.3 Å². The Labute approximate surface area is 133 Å². The van der Waals surface area contributed by atoms with Crippen LogP contribution in [0.3, 0.4) is 0 Å². The molecule has 2 aliphatic rings. The number of imide groups is 1. The Hall–Kier alpha value is -2.47. The molecule has 2 heterocycles. The summed E-state index contributed by atoms with van der Waals surface area (Å²) in [6.07, 6.45) is 3.48. The van der Waals surface area contributed by atoms with Crippen LogP contribution in [-0.4, -0.2) is 36.1 Å². The first-order chi connectivity index (χ1) is 10.9. The van der Waals surface area contributed by atoms with Gasteiger partial charge in [-0.15, -0.1) is 0 Å². The molecule has 0 spiro atoms. The van der Waals surface area contributed by atoms with Crippen molar-refractivity contribution in [2.45, 2.75) is 32.0 Å². The zero-order chi connectivity index (χ0) is 16.6. The van der Waals surface area contributed by atoms with Gasteiger partial charge in [0.2, 0.25) is 0 Å². The van der Waals surface area contributed by atoms with Gasteiger partial charge in [-0.05, 0) is 38.1 Å². The molecule has 23 heavy (non-hydrogen) atoms. The third-order valence-corrected chi connectivity index (χ3v) is 3.88. The number of esters is 1. The summed E-state index contributed by atoms with van der Waals surface area (Å²) in [7, 11) is 0. The molecule has 0 aromatic heterocycles. The molecule has 2 atom stereocenters. The van der Waals surface area contributed by atoms with Gasteiger partial charge in [0, 0.05) is 18.6 Å². The molecule has 1 aromatic carbocycles. The Balaban J connectivity index is 1.62. The number of hydrogen-bond donors (Lipinski definition) is 0. The van der Waals surface area contributed by atoms with E-state index in [-0.39, 0.29) is 12.7 Å². The van der Waals surface area contributed by atoms with Crippen molar-refractivity contribution in [1.82, 2.24) is 0 Å². The molecule has 0 radical (unpaired) electrons. The average Bonchev–Trinajstić information content (AvgIpc) is 2.83. The van der Waals surface area contributed by atoms with E-state index in [4.69, 9.17) is 9.47 Å². The molecule has 2 amide bonds. The lowest BCUT2D eigenvalue weighted by atomic mass is 9.93. The third kappa shape index (κ3) is 3.03. The summed E-state index contributed by atoms with van der Waals surface area (Å²) in [5, 5.41) is 0. The highest BCUT2D eigenvalue weighted by Gasteiger charge is 2.40. The van der Waals surface area contributed by atoms with Gasteiger partial charge >= 0.3 is 5.97 Å². The van der Waals surface area contributed by atoms with Crippen molar-refractivity contribution in [3.63, 3.8) is 0 Å². The Morgan fingerprint density at radius 2 is 1.83 bits per heavy atom. The molecule has 3 rings (SSSR count). The van der Waals surface area contributed by atoms with Crippen LogP contribution in [0.2, 0.25) is 0 Å². The van der Waals surface area contributed by atoms with Crippen molar-refractivity contribution in [2.24, 2.45) is 0 Å². The molecule has 0 bridgehead atoms. The van der Waals surface area contributed by atoms with Gasteiger partial charge in [0.1, 0.15) is 12.2 Å². The fourth-order valence-electron chi connectivity index (χ4n) is 2.88. The molecule has 0 saturated carbocycles. The van der Waals surface area contributed by atoms with Gasteiger partial charge in [-0.2, -0.15) is 0 Å². The average molecular weight is 315 g/mol. The molecule has 6 heteroatoms. The normalized spacial score (nSPS) is 26.3. The highest BCUT2D eigenvalue weighted by atomic mass is 16.6. The molecular formula is C17H17NO5. The van der Waals surface area contributed by atoms with Crippen LogP contribution in [0.5, 0.6) is 0 Å². The van der Waals surface area contributed by atoms with E-state index in [2.05, 4.69) is 0 Å². The number of anilines is 1. The minimum absolute atomic E-state index is 0.196. The summed E-state index contributed by atoms with van der Waals surface area (Å²) < 4.78 is 10.8. The lowest BCUT2D eigenvalue weighted by Gasteiger charge is -2.43. The number of carbonyl (C=O) groups is 3. The monoisotopic (exact) mass is 315 g/mol. The van der Waals surface area contributed by atoms with Gasteiger partial charge in [-0.1, -0.05) is 0 Å². The molecule has 0 N–H and O–H groups in total. The van der Waals surface area contributed by atoms with Gasteiger partial charge in [-0.3, -0.25) is 9.59 Å². The third-order valence-electron chi connectivity index (χ3n) is 3.88. The predicted octanol–water partition coefficient (Wildman–Crippen LogP) is 1.84. The molecular weight excluding hydrogens is 298 g/mol. The SMILES string of the molecule is CC1CC(C)(COC(=O)c2ccc(N3C(=O)C=CC3=O)cc2)O1. The van der Waals surface area contributed by atoms with Crippen LogP contribution in [0.4, 0.5) is 5.69 Å². The Morgan fingerprint density at radius 1 is 1.26 bits per heavy atom. The fraction of sp³-hybridized carbons (Fsp3) is 0.353. The first-order valence-electron chi connectivity index (χ1n) is 7.39. The van der Waals surface area contributed by atoms with Gasteiger partial charge in [0.15, 0.2) is 0 Å². The summed E-state index contributed by atoms with van der Waals surface area (Å²) >= 11 is 0. The van der Waals surface area contributed by atoms with Crippen LogP contribution < -0.4 is 4.90 Å². The zero-order valence-corrected chi connectivity index (χ0v) is 12.9. The van der Waals surface area contributed by atoms with Crippen LogP contribution >= 0.6 is 0 Å². The molecule has 2 aliphatic heterocycles. The molecule has 1 fully saturated rings. The summed E-state index contributed by atoms with van der Waals surface area (Å²) in [6.45, 7) is 4.07. The maximum atomic E-state index is 12.0. The molecule has 1 aromatic rings. The van der Waals surface area contributed by atoms with Gasteiger partial charge < -0.3 is 9.47 Å². The maximum absolute atomic E-state index is 12.0. The summed E-state index contributed by atoms with van der Waals surface area (Å²) in [6, 6.07) is 6.15. The van der Waals surface area contributed by atoms with Gasteiger partial charge in [0.05, 0.1) is 17.4 Å². The fourth-order valence-corrected chi connectivity index (χ4v) is 2.88. The second-order valence-corrected chi connectivity index (χ2v) is 6.05. The second kappa shape index (κ2) is 5.62. The standard InChI is InChI=1S/C17H17NO5/c1-11-9-17(2,23-11)10-22-16(21)12-3-5-13(6-4-12)18-14(19)7-8-15(18)20/h3-8,11H,9-10H2,1-2H3. The molecule has 1 saturated heterocycles. The van der Waals surface area contributed by atoms with Gasteiger partial charge in [0.25, 0.3) is 11.8 Å². The van der Waals surface area contributed by atoms with E-state index in [1.165, 1.54) is 24.3 Å². The number of benzene rings is 1. The molecule has 0 aliphatic carbocycles. The lowest BCUT2D eigenvalue weighted by molar-refractivity contribution is -0.204. The van der Waals surface area contributed by atoms with Crippen molar-refractivity contribution in [2.75, 3.05) is 11.5 Å². The van der Waals surface area contributed by atoms with Crippen LogP contribution in [-0.2, 0) is 19.1 Å². The van der Waals surface area contributed by atoms with E-state index >= 15 is 0 Å². The van der Waals surface area contributed by atoms with E-state index in [1.807, 2.05) is 13.8 Å². The smallest absolute Gasteiger partial charge is 0.338 e. The Bertz CT molecular complexity index is 667. The van der Waals surface area contributed by atoms with Crippen molar-refractivity contribution in [3.05, 3.63) is 42.0 Å². The lowest BCUT2D eigenvalue weighted by Crippen LogP contribution is -2.50. The highest BCUT2D eigenvalue weighted by Crippen LogP contribution is 2.32. The van der Waals surface area contributed by atoms with E-state index in [1.54, 1.807) is 12.1 Å². The zero-order valence-electron chi connectivity index (χ0n) is 12.9. The molecule has 6 nitrogen and oxygen atoms in total. The number of hydrogen-bond acceptors (Lipinski definition) is 5. The van der Waals surface area contributed by atoms with E-state index in [9.17, 15) is 14.4 Å². The van der Waals surface area contributed by atoms with Gasteiger partial charge in [-0.25, -0.2) is 9.69 Å². The maximum Gasteiger partial charge on any atom is 0.338 e.